The first kappa shape index (κ1) is 22.1. The topological polar surface area (TPSA) is 102 Å². The lowest BCUT2D eigenvalue weighted by Gasteiger charge is -2.34. The minimum absolute atomic E-state index is 0.0708. The summed E-state index contributed by atoms with van der Waals surface area (Å²) < 4.78 is 5.27. The fourth-order valence-electron chi connectivity index (χ4n) is 4.53. The number of ether oxygens (including phenoxy) is 1. The number of carbonyl (C=O) groups excluding carboxylic acids is 2. The predicted octanol–water partition coefficient (Wildman–Crippen LogP) is 3.30. The van der Waals surface area contributed by atoms with Crippen LogP contribution >= 0.6 is 0 Å². The van der Waals surface area contributed by atoms with Crippen LogP contribution in [0.3, 0.4) is 0 Å². The molecule has 1 aromatic carbocycles. The molecule has 3 rings (SSSR count). The second kappa shape index (κ2) is 9.91. The maximum absolute atomic E-state index is 12.4. The summed E-state index contributed by atoms with van der Waals surface area (Å²) in [6.45, 7) is 5.19. The van der Waals surface area contributed by atoms with Crippen LogP contribution in [0, 0.1) is 27.9 Å². The number of esters is 1. The predicted molar refractivity (Wildman–Crippen MR) is 113 cm³/mol. The number of para-hydroxylation sites is 2. The normalized spacial score (nSPS) is 24.9. The van der Waals surface area contributed by atoms with Crippen LogP contribution in [0.1, 0.15) is 46.0 Å². The highest BCUT2D eigenvalue weighted by atomic mass is 16.6. The molecule has 3 atom stereocenters. The fourth-order valence-corrected chi connectivity index (χ4v) is 4.53. The first-order chi connectivity index (χ1) is 14.4. The molecule has 1 saturated carbocycles. The maximum Gasteiger partial charge on any atom is 0.309 e. The number of hydrogen-bond acceptors (Lipinski definition) is 6. The number of amides is 1. The Labute approximate surface area is 177 Å². The van der Waals surface area contributed by atoms with Crippen LogP contribution in [0.25, 0.3) is 0 Å². The summed E-state index contributed by atoms with van der Waals surface area (Å²) >= 11 is 0. The van der Waals surface area contributed by atoms with Crippen LogP contribution in [0.2, 0.25) is 0 Å². The number of nitro groups is 1. The van der Waals surface area contributed by atoms with Crippen molar-refractivity contribution in [3.8, 4) is 0 Å². The van der Waals surface area contributed by atoms with E-state index in [0.717, 1.165) is 12.8 Å². The van der Waals surface area contributed by atoms with E-state index >= 15 is 0 Å². The molecule has 0 aromatic heterocycles. The average molecular weight is 418 g/mol. The van der Waals surface area contributed by atoms with Gasteiger partial charge in [0.1, 0.15) is 5.69 Å². The summed E-state index contributed by atoms with van der Waals surface area (Å²) in [6, 6.07) is 6.78. The van der Waals surface area contributed by atoms with Gasteiger partial charge in [0.2, 0.25) is 0 Å². The van der Waals surface area contributed by atoms with E-state index in [4.69, 9.17) is 4.74 Å². The van der Waals surface area contributed by atoms with Gasteiger partial charge in [-0.25, -0.2) is 0 Å². The molecule has 1 aliphatic heterocycles. The summed E-state index contributed by atoms with van der Waals surface area (Å²) in [5.74, 6) is 0.108. The Balaban J connectivity index is 1.44. The zero-order chi connectivity index (χ0) is 21.7. The number of anilines is 1. The Morgan fingerprint density at radius 3 is 2.57 bits per heavy atom. The average Bonchev–Trinajstić information content (AvgIpc) is 2.75. The van der Waals surface area contributed by atoms with Crippen molar-refractivity contribution in [2.75, 3.05) is 24.6 Å². The van der Waals surface area contributed by atoms with E-state index < -0.39 is 0 Å². The van der Waals surface area contributed by atoms with Gasteiger partial charge in [-0.1, -0.05) is 38.8 Å². The molecule has 1 N–H and O–H groups in total. The van der Waals surface area contributed by atoms with Gasteiger partial charge in [0.05, 0.1) is 10.8 Å². The smallest absolute Gasteiger partial charge is 0.309 e. The molecule has 0 bridgehead atoms. The summed E-state index contributed by atoms with van der Waals surface area (Å²) in [5, 5.41) is 14.2. The highest BCUT2D eigenvalue weighted by Gasteiger charge is 2.31. The molecular formula is C22H31N3O5. The van der Waals surface area contributed by atoms with Gasteiger partial charge in [0.15, 0.2) is 6.61 Å². The molecule has 30 heavy (non-hydrogen) atoms. The molecule has 1 aromatic rings. The standard InChI is InChI=1S/C22H31N3O5/c1-15-6-5-7-18(16(15)2)23-21(26)14-30-22(27)17-10-12-24(13-11-17)19-8-3-4-9-20(19)25(28)29/h3-4,8-9,15-18H,5-7,10-14H2,1-2H3,(H,23,26)/t15-,16-,18-/m1/s1. The quantitative estimate of drug-likeness (QED) is 0.433. The van der Waals surface area contributed by atoms with Crippen LogP contribution < -0.4 is 10.2 Å². The number of hydrogen-bond donors (Lipinski definition) is 1. The van der Waals surface area contributed by atoms with E-state index in [-0.39, 0.29) is 41.1 Å². The lowest BCUT2D eigenvalue weighted by molar-refractivity contribution is -0.384. The molecule has 0 radical (unpaired) electrons. The Kier molecular flexibility index (Phi) is 7.29. The largest absolute Gasteiger partial charge is 0.455 e. The van der Waals surface area contributed by atoms with E-state index in [0.29, 0.717) is 43.5 Å². The summed E-state index contributed by atoms with van der Waals surface area (Å²) in [4.78, 5) is 37.4. The SMILES string of the molecule is C[C@@H]1[C@H](C)CCC[C@H]1NC(=O)COC(=O)C1CCN(c2ccccc2[N+](=O)[O-])CC1. The fraction of sp³-hybridized carbons (Fsp3) is 0.636. The van der Waals surface area contributed by atoms with E-state index in [1.165, 1.54) is 12.5 Å². The molecule has 2 aliphatic rings. The number of nitrogens with one attached hydrogen (secondary N) is 1. The van der Waals surface area contributed by atoms with E-state index in [1.54, 1.807) is 18.2 Å². The molecule has 8 nitrogen and oxygen atoms in total. The number of carbonyl (C=O) groups is 2. The van der Waals surface area contributed by atoms with Crippen molar-refractivity contribution in [2.45, 2.75) is 52.0 Å². The zero-order valence-corrected chi connectivity index (χ0v) is 17.7. The molecule has 1 heterocycles. The number of nitro benzene ring substituents is 1. The van der Waals surface area contributed by atoms with Gasteiger partial charge in [-0.2, -0.15) is 0 Å². The lowest BCUT2D eigenvalue weighted by atomic mass is 9.78. The van der Waals surface area contributed by atoms with Crippen molar-refractivity contribution in [3.63, 3.8) is 0 Å². The Hall–Kier alpha value is -2.64. The Morgan fingerprint density at radius 1 is 1.17 bits per heavy atom. The Morgan fingerprint density at radius 2 is 1.87 bits per heavy atom. The third-order valence-electron chi connectivity index (χ3n) is 6.65. The van der Waals surface area contributed by atoms with Crippen molar-refractivity contribution in [1.82, 2.24) is 5.32 Å². The molecule has 1 amide bonds. The molecule has 2 fully saturated rings. The number of rotatable bonds is 6. The first-order valence-electron chi connectivity index (χ1n) is 10.8. The summed E-state index contributed by atoms with van der Waals surface area (Å²) in [7, 11) is 0. The minimum Gasteiger partial charge on any atom is -0.455 e. The van der Waals surface area contributed by atoms with Crippen molar-refractivity contribution < 1.29 is 19.2 Å². The lowest BCUT2D eigenvalue weighted by Crippen LogP contribution is -2.45. The number of piperidine rings is 1. The molecule has 1 aliphatic carbocycles. The molecule has 8 heteroatoms. The van der Waals surface area contributed by atoms with Crippen LogP contribution in [0.4, 0.5) is 11.4 Å². The second-order valence-corrected chi connectivity index (χ2v) is 8.56. The first-order valence-corrected chi connectivity index (χ1v) is 10.8. The number of nitrogens with zero attached hydrogens (tertiary/aromatic N) is 2. The third kappa shape index (κ3) is 5.29. The van der Waals surface area contributed by atoms with Gasteiger partial charge in [-0.15, -0.1) is 0 Å². The molecular weight excluding hydrogens is 386 g/mol. The van der Waals surface area contributed by atoms with Gasteiger partial charge in [-0.3, -0.25) is 19.7 Å². The maximum atomic E-state index is 12.4. The van der Waals surface area contributed by atoms with Gasteiger partial charge < -0.3 is 15.0 Å². The minimum atomic E-state index is -0.387. The van der Waals surface area contributed by atoms with Crippen molar-refractivity contribution >= 4 is 23.3 Å². The van der Waals surface area contributed by atoms with Gasteiger partial charge in [0, 0.05) is 25.2 Å². The van der Waals surface area contributed by atoms with Gasteiger partial charge in [-0.05, 0) is 37.2 Å². The van der Waals surface area contributed by atoms with Gasteiger partial charge in [0.25, 0.3) is 11.6 Å². The zero-order valence-electron chi connectivity index (χ0n) is 17.7. The van der Waals surface area contributed by atoms with Crippen LogP contribution in [-0.4, -0.2) is 42.5 Å². The molecule has 1 saturated heterocycles. The number of benzene rings is 1. The van der Waals surface area contributed by atoms with E-state index in [9.17, 15) is 19.7 Å². The summed E-state index contributed by atoms with van der Waals surface area (Å²) in [6.07, 6.45) is 4.35. The Bertz CT molecular complexity index is 776. The van der Waals surface area contributed by atoms with Crippen molar-refractivity contribution in [3.05, 3.63) is 34.4 Å². The monoisotopic (exact) mass is 417 g/mol. The van der Waals surface area contributed by atoms with E-state index in [1.807, 2.05) is 4.90 Å². The van der Waals surface area contributed by atoms with Crippen molar-refractivity contribution in [2.24, 2.45) is 17.8 Å². The molecule has 0 unspecified atom stereocenters. The highest BCUT2D eigenvalue weighted by molar-refractivity contribution is 5.81. The van der Waals surface area contributed by atoms with Crippen LogP contribution in [0.5, 0.6) is 0 Å². The van der Waals surface area contributed by atoms with E-state index in [2.05, 4.69) is 19.2 Å². The molecule has 0 spiro atoms. The summed E-state index contributed by atoms with van der Waals surface area (Å²) in [5.41, 5.74) is 0.644. The van der Waals surface area contributed by atoms with Crippen molar-refractivity contribution in [1.29, 1.82) is 0 Å². The third-order valence-corrected chi connectivity index (χ3v) is 6.65. The molecule has 164 valence electrons. The van der Waals surface area contributed by atoms with Crippen LogP contribution in [-0.2, 0) is 14.3 Å². The highest BCUT2D eigenvalue weighted by Crippen LogP contribution is 2.32. The second-order valence-electron chi connectivity index (χ2n) is 8.56. The van der Waals surface area contributed by atoms with Gasteiger partial charge >= 0.3 is 5.97 Å². The van der Waals surface area contributed by atoms with Crippen LogP contribution in [0.15, 0.2) is 24.3 Å².